The summed E-state index contributed by atoms with van der Waals surface area (Å²) < 4.78 is 5.19. The summed E-state index contributed by atoms with van der Waals surface area (Å²) in [4.78, 5) is 18.7. The van der Waals surface area contributed by atoms with Gasteiger partial charge in [-0.05, 0) is 42.7 Å². The van der Waals surface area contributed by atoms with E-state index in [9.17, 15) is 4.79 Å². The molecule has 5 heteroatoms. The average molecular weight is 283 g/mol. The van der Waals surface area contributed by atoms with Gasteiger partial charge in [-0.3, -0.25) is 4.79 Å². The van der Waals surface area contributed by atoms with Crippen LogP contribution in [0.5, 0.6) is 5.88 Å². The van der Waals surface area contributed by atoms with Gasteiger partial charge in [-0.1, -0.05) is 6.07 Å². The fourth-order valence-electron chi connectivity index (χ4n) is 2.72. The van der Waals surface area contributed by atoms with E-state index in [1.165, 1.54) is 7.11 Å². The zero-order valence-corrected chi connectivity index (χ0v) is 11.9. The second kappa shape index (κ2) is 5.44. The first-order valence-electron chi connectivity index (χ1n) is 6.90. The molecule has 1 aliphatic heterocycles. The molecule has 0 radical (unpaired) electrons. The number of carbonyl (C=O) groups excluding carboxylic acids is 1. The van der Waals surface area contributed by atoms with E-state index < -0.39 is 0 Å². The summed E-state index contributed by atoms with van der Waals surface area (Å²) in [5.74, 6) is 0.241. The molecule has 21 heavy (non-hydrogen) atoms. The molecule has 3 rings (SSSR count). The third-order valence-corrected chi connectivity index (χ3v) is 3.73. The van der Waals surface area contributed by atoms with Crippen molar-refractivity contribution in [1.29, 1.82) is 0 Å². The maximum atomic E-state index is 12.8. The van der Waals surface area contributed by atoms with Gasteiger partial charge >= 0.3 is 0 Å². The van der Waals surface area contributed by atoms with Crippen LogP contribution in [0.3, 0.4) is 0 Å². The van der Waals surface area contributed by atoms with Crippen LogP contribution in [0.1, 0.15) is 22.3 Å². The number of benzene rings is 1. The van der Waals surface area contributed by atoms with Crippen LogP contribution >= 0.6 is 0 Å². The Morgan fingerprint density at radius 3 is 3.00 bits per heavy atom. The van der Waals surface area contributed by atoms with Crippen molar-refractivity contribution in [2.24, 2.45) is 0 Å². The van der Waals surface area contributed by atoms with E-state index in [2.05, 4.69) is 4.98 Å². The van der Waals surface area contributed by atoms with Crippen LogP contribution in [0, 0.1) is 0 Å². The Morgan fingerprint density at radius 1 is 1.33 bits per heavy atom. The third kappa shape index (κ3) is 2.31. The Bertz CT molecular complexity index is 685. The molecule has 0 saturated heterocycles. The normalized spacial score (nSPS) is 13.7. The number of rotatable bonds is 2. The molecule has 2 heterocycles. The number of methoxy groups -OCH3 is 1. The minimum atomic E-state index is -0.105. The molecule has 0 fully saturated rings. The number of nitrogens with two attached hydrogens (primary N) is 1. The van der Waals surface area contributed by atoms with Gasteiger partial charge in [0.05, 0.1) is 7.11 Å². The van der Waals surface area contributed by atoms with Crippen LogP contribution in [0.4, 0.5) is 11.4 Å². The van der Waals surface area contributed by atoms with Crippen molar-refractivity contribution in [2.75, 3.05) is 24.3 Å². The molecule has 0 atom stereocenters. The largest absolute Gasteiger partial charge is 0.480 e. The number of aromatic nitrogens is 1. The molecule has 5 nitrogen and oxygen atoms in total. The Hall–Kier alpha value is -2.56. The first kappa shape index (κ1) is 13.4. The van der Waals surface area contributed by atoms with Crippen molar-refractivity contribution in [1.82, 2.24) is 4.98 Å². The first-order valence-corrected chi connectivity index (χ1v) is 6.90. The number of pyridine rings is 1. The van der Waals surface area contributed by atoms with Crippen molar-refractivity contribution in [2.45, 2.75) is 12.8 Å². The number of fused-ring (bicyclic) bond motifs is 1. The summed E-state index contributed by atoms with van der Waals surface area (Å²) in [5, 5.41) is 0. The van der Waals surface area contributed by atoms with Crippen LogP contribution in [0.15, 0.2) is 36.5 Å². The number of anilines is 2. The standard InChI is InChI=1S/C16H17N3O2/c1-21-15-12(5-3-9-18-15)16(20)19-10-4-6-11-13(17)7-2-8-14(11)19/h2-3,5,7-9H,4,6,10,17H2,1H3. The van der Waals surface area contributed by atoms with Gasteiger partial charge in [-0.25, -0.2) is 4.98 Å². The van der Waals surface area contributed by atoms with Gasteiger partial charge in [0.15, 0.2) is 0 Å². The predicted molar refractivity (Wildman–Crippen MR) is 81.6 cm³/mol. The lowest BCUT2D eigenvalue weighted by atomic mass is 9.99. The monoisotopic (exact) mass is 283 g/mol. The van der Waals surface area contributed by atoms with Crippen molar-refractivity contribution in [3.05, 3.63) is 47.7 Å². The highest BCUT2D eigenvalue weighted by molar-refractivity contribution is 6.08. The molecular formula is C16H17N3O2. The quantitative estimate of drug-likeness (QED) is 0.858. The van der Waals surface area contributed by atoms with E-state index in [1.807, 2.05) is 18.2 Å². The van der Waals surface area contributed by atoms with Crippen LogP contribution in [-0.4, -0.2) is 24.5 Å². The fourth-order valence-corrected chi connectivity index (χ4v) is 2.72. The number of hydrogen-bond donors (Lipinski definition) is 1. The average Bonchev–Trinajstić information content (AvgIpc) is 2.54. The second-order valence-corrected chi connectivity index (χ2v) is 4.97. The van der Waals surface area contributed by atoms with Gasteiger partial charge < -0.3 is 15.4 Å². The molecule has 2 N–H and O–H groups in total. The summed E-state index contributed by atoms with van der Waals surface area (Å²) in [6.45, 7) is 0.674. The van der Waals surface area contributed by atoms with Gasteiger partial charge in [-0.2, -0.15) is 0 Å². The Labute approximate surface area is 123 Å². The Kier molecular flexibility index (Phi) is 3.48. The highest BCUT2D eigenvalue weighted by Gasteiger charge is 2.26. The summed E-state index contributed by atoms with van der Waals surface area (Å²) in [7, 11) is 1.52. The van der Waals surface area contributed by atoms with E-state index in [0.717, 1.165) is 29.8 Å². The minimum absolute atomic E-state index is 0.105. The lowest BCUT2D eigenvalue weighted by Gasteiger charge is -2.30. The number of ether oxygens (including phenoxy) is 1. The molecule has 2 aromatic rings. The number of amides is 1. The number of carbonyl (C=O) groups is 1. The number of hydrogen-bond acceptors (Lipinski definition) is 4. The minimum Gasteiger partial charge on any atom is -0.480 e. The summed E-state index contributed by atoms with van der Waals surface area (Å²) >= 11 is 0. The van der Waals surface area contributed by atoms with Gasteiger partial charge in [0.2, 0.25) is 5.88 Å². The second-order valence-electron chi connectivity index (χ2n) is 4.97. The molecule has 1 aliphatic rings. The zero-order valence-electron chi connectivity index (χ0n) is 11.9. The zero-order chi connectivity index (χ0) is 14.8. The van der Waals surface area contributed by atoms with E-state index in [4.69, 9.17) is 10.5 Å². The van der Waals surface area contributed by atoms with Crippen LogP contribution in [0.25, 0.3) is 0 Å². The van der Waals surface area contributed by atoms with Crippen molar-refractivity contribution < 1.29 is 9.53 Å². The summed E-state index contributed by atoms with van der Waals surface area (Å²) in [6.07, 6.45) is 3.41. The molecular weight excluding hydrogens is 266 g/mol. The molecule has 1 aromatic carbocycles. The number of nitrogens with zero attached hydrogens (tertiary/aromatic N) is 2. The van der Waals surface area contributed by atoms with Gasteiger partial charge in [-0.15, -0.1) is 0 Å². The molecule has 1 amide bonds. The van der Waals surface area contributed by atoms with E-state index in [0.29, 0.717) is 18.0 Å². The summed E-state index contributed by atoms with van der Waals surface area (Å²) in [6, 6.07) is 9.15. The molecule has 1 aromatic heterocycles. The molecule has 0 bridgehead atoms. The van der Waals surface area contributed by atoms with Crippen molar-refractivity contribution >= 4 is 17.3 Å². The molecule has 108 valence electrons. The maximum absolute atomic E-state index is 12.8. The maximum Gasteiger partial charge on any atom is 0.263 e. The fraction of sp³-hybridized carbons (Fsp3) is 0.250. The SMILES string of the molecule is COc1ncccc1C(=O)N1CCCc2c(N)cccc21. The highest BCUT2D eigenvalue weighted by Crippen LogP contribution is 2.33. The lowest BCUT2D eigenvalue weighted by Crippen LogP contribution is -2.36. The molecule has 0 aliphatic carbocycles. The van der Waals surface area contributed by atoms with Crippen LogP contribution < -0.4 is 15.4 Å². The van der Waals surface area contributed by atoms with E-state index in [1.54, 1.807) is 23.2 Å². The Balaban J connectivity index is 2.03. The highest BCUT2D eigenvalue weighted by atomic mass is 16.5. The van der Waals surface area contributed by atoms with E-state index >= 15 is 0 Å². The Morgan fingerprint density at radius 2 is 2.19 bits per heavy atom. The van der Waals surface area contributed by atoms with Gasteiger partial charge in [0.25, 0.3) is 5.91 Å². The molecule has 0 spiro atoms. The van der Waals surface area contributed by atoms with E-state index in [-0.39, 0.29) is 5.91 Å². The molecule has 0 unspecified atom stereocenters. The smallest absolute Gasteiger partial charge is 0.263 e. The van der Waals surface area contributed by atoms with Crippen molar-refractivity contribution in [3.63, 3.8) is 0 Å². The topological polar surface area (TPSA) is 68.5 Å². The first-order chi connectivity index (χ1) is 10.2. The molecule has 0 saturated carbocycles. The van der Waals surface area contributed by atoms with Gasteiger partial charge in [0, 0.05) is 24.1 Å². The predicted octanol–water partition coefficient (Wildman–Crippen LogP) is 2.27. The van der Waals surface area contributed by atoms with Crippen LogP contribution in [0.2, 0.25) is 0 Å². The lowest BCUT2D eigenvalue weighted by molar-refractivity contribution is 0.0981. The third-order valence-electron chi connectivity index (χ3n) is 3.73. The van der Waals surface area contributed by atoms with Crippen molar-refractivity contribution in [3.8, 4) is 5.88 Å². The van der Waals surface area contributed by atoms with Gasteiger partial charge in [0.1, 0.15) is 5.56 Å². The summed E-state index contributed by atoms with van der Waals surface area (Å²) in [5.41, 5.74) is 9.16. The number of nitrogen functional groups attached to an aromatic ring is 1. The van der Waals surface area contributed by atoms with Crippen LogP contribution in [-0.2, 0) is 6.42 Å².